The molecule has 0 amide bonds. The molecule has 0 radical (unpaired) electrons. The van der Waals surface area contributed by atoms with Gasteiger partial charge in [0, 0.05) is 5.56 Å². The van der Waals surface area contributed by atoms with Crippen LogP contribution in [0.1, 0.15) is 15.9 Å². The zero-order chi connectivity index (χ0) is 13.3. The summed E-state index contributed by atoms with van der Waals surface area (Å²) < 4.78 is 65.7. The van der Waals surface area contributed by atoms with E-state index in [0.29, 0.717) is 12.1 Å². The molecule has 0 aliphatic heterocycles. The van der Waals surface area contributed by atoms with E-state index in [1.165, 1.54) is 0 Å². The van der Waals surface area contributed by atoms with Crippen LogP contribution in [-0.2, 0) is 16.3 Å². The summed E-state index contributed by atoms with van der Waals surface area (Å²) in [7, 11) is -4.48. The van der Waals surface area contributed by atoms with E-state index in [0.717, 1.165) is 12.1 Å². The first-order valence-corrected chi connectivity index (χ1v) is 5.86. The maximum Gasteiger partial charge on any atom is 0.416 e. The van der Waals surface area contributed by atoms with Gasteiger partial charge in [-0.3, -0.25) is 9.35 Å². The topological polar surface area (TPSA) is 71.4 Å². The summed E-state index contributed by atoms with van der Waals surface area (Å²) in [5.41, 5.74) is -1.16. The van der Waals surface area contributed by atoms with E-state index in [9.17, 15) is 26.4 Å². The summed E-state index contributed by atoms with van der Waals surface area (Å²) in [5, 5.41) is 0. The van der Waals surface area contributed by atoms with Crippen molar-refractivity contribution in [2.45, 2.75) is 6.18 Å². The van der Waals surface area contributed by atoms with Crippen molar-refractivity contribution in [2.75, 3.05) is 5.75 Å². The van der Waals surface area contributed by atoms with Crippen LogP contribution >= 0.6 is 0 Å². The molecule has 1 aromatic carbocycles. The molecule has 1 rings (SSSR count). The Morgan fingerprint density at radius 1 is 1.18 bits per heavy atom. The predicted octanol–water partition coefficient (Wildman–Crippen LogP) is 1.78. The van der Waals surface area contributed by atoms with E-state index in [1.807, 2.05) is 0 Å². The highest BCUT2D eigenvalue weighted by atomic mass is 32.2. The van der Waals surface area contributed by atoms with Crippen LogP contribution in [0.2, 0.25) is 0 Å². The minimum absolute atomic E-state index is 0.212. The maximum atomic E-state index is 12.2. The van der Waals surface area contributed by atoms with Gasteiger partial charge in [0.25, 0.3) is 10.1 Å². The molecule has 17 heavy (non-hydrogen) atoms. The summed E-state index contributed by atoms with van der Waals surface area (Å²) in [6.45, 7) is 0. The molecule has 1 N–H and O–H groups in total. The molecule has 0 saturated carbocycles. The molecule has 0 spiro atoms. The standard InChI is InChI=1S/C9H7F3O4S/c10-9(11,12)7-3-1-6(2-4-7)8(13)5-17(14,15)16/h1-4H,5H2,(H,14,15,16). The van der Waals surface area contributed by atoms with Crippen LogP contribution in [0.25, 0.3) is 0 Å². The Kier molecular flexibility index (Phi) is 3.58. The van der Waals surface area contributed by atoms with E-state index < -0.39 is 33.4 Å². The SMILES string of the molecule is O=C(CS(=O)(=O)O)c1ccc(C(F)(F)F)cc1. The zero-order valence-corrected chi connectivity index (χ0v) is 9.05. The van der Waals surface area contributed by atoms with E-state index in [2.05, 4.69) is 0 Å². The molecule has 0 heterocycles. The van der Waals surface area contributed by atoms with Crippen molar-refractivity contribution in [2.24, 2.45) is 0 Å². The van der Waals surface area contributed by atoms with Crippen LogP contribution in [0.3, 0.4) is 0 Å². The fraction of sp³-hybridized carbons (Fsp3) is 0.222. The van der Waals surface area contributed by atoms with Crippen LogP contribution in [-0.4, -0.2) is 24.5 Å². The fourth-order valence-electron chi connectivity index (χ4n) is 1.09. The summed E-state index contributed by atoms with van der Waals surface area (Å²) in [4.78, 5) is 11.2. The molecule has 0 saturated heterocycles. The number of carbonyl (C=O) groups is 1. The van der Waals surface area contributed by atoms with Gasteiger partial charge in [-0.25, -0.2) is 0 Å². The highest BCUT2D eigenvalue weighted by Gasteiger charge is 2.30. The van der Waals surface area contributed by atoms with Gasteiger partial charge in [0.15, 0.2) is 5.78 Å². The molecule has 0 aliphatic rings. The van der Waals surface area contributed by atoms with Crippen LogP contribution in [0.4, 0.5) is 13.2 Å². The third-order valence-electron chi connectivity index (χ3n) is 1.85. The average Bonchev–Trinajstić information content (AvgIpc) is 2.14. The fourth-order valence-corrected chi connectivity index (χ4v) is 1.59. The average molecular weight is 268 g/mol. The summed E-state index contributed by atoms with van der Waals surface area (Å²) in [5.74, 6) is -2.13. The van der Waals surface area contributed by atoms with E-state index in [4.69, 9.17) is 4.55 Å². The van der Waals surface area contributed by atoms with Gasteiger partial charge in [-0.15, -0.1) is 0 Å². The van der Waals surface area contributed by atoms with Crippen molar-refractivity contribution in [3.05, 3.63) is 35.4 Å². The van der Waals surface area contributed by atoms with Crippen LogP contribution < -0.4 is 0 Å². The normalized spacial score (nSPS) is 12.5. The number of rotatable bonds is 3. The largest absolute Gasteiger partial charge is 0.416 e. The lowest BCUT2D eigenvalue weighted by atomic mass is 10.1. The Morgan fingerprint density at radius 3 is 2.00 bits per heavy atom. The number of alkyl halides is 3. The van der Waals surface area contributed by atoms with Crippen molar-refractivity contribution in [1.29, 1.82) is 0 Å². The summed E-state index contributed by atoms with van der Waals surface area (Å²) in [6.07, 6.45) is -4.52. The van der Waals surface area contributed by atoms with Crippen molar-refractivity contribution >= 4 is 15.9 Å². The van der Waals surface area contributed by atoms with Gasteiger partial charge in [-0.2, -0.15) is 21.6 Å². The lowest BCUT2D eigenvalue weighted by Crippen LogP contribution is -2.15. The molecule has 0 atom stereocenters. The van der Waals surface area contributed by atoms with Gasteiger partial charge in [-0.05, 0) is 12.1 Å². The number of carbonyl (C=O) groups excluding carboxylic acids is 1. The van der Waals surface area contributed by atoms with Gasteiger partial charge < -0.3 is 0 Å². The highest BCUT2D eigenvalue weighted by molar-refractivity contribution is 7.86. The van der Waals surface area contributed by atoms with Gasteiger partial charge >= 0.3 is 6.18 Å². The molecule has 0 aliphatic carbocycles. The molecule has 8 heteroatoms. The second-order valence-electron chi connectivity index (χ2n) is 3.22. The van der Waals surface area contributed by atoms with Gasteiger partial charge in [0.1, 0.15) is 5.75 Å². The van der Waals surface area contributed by atoms with E-state index in [1.54, 1.807) is 0 Å². The molecular formula is C9H7F3O4S. The molecule has 94 valence electrons. The zero-order valence-electron chi connectivity index (χ0n) is 8.23. The van der Waals surface area contributed by atoms with Crippen molar-refractivity contribution in [1.82, 2.24) is 0 Å². The molecule has 0 bridgehead atoms. The van der Waals surface area contributed by atoms with Crippen molar-refractivity contribution in [3.8, 4) is 0 Å². The molecule has 4 nitrogen and oxygen atoms in total. The molecule has 0 aromatic heterocycles. The molecule has 1 aromatic rings. The first-order chi connectivity index (χ1) is 7.59. The molecule has 0 unspecified atom stereocenters. The van der Waals surface area contributed by atoms with E-state index >= 15 is 0 Å². The lowest BCUT2D eigenvalue weighted by molar-refractivity contribution is -0.137. The van der Waals surface area contributed by atoms with Crippen LogP contribution in [0.15, 0.2) is 24.3 Å². The van der Waals surface area contributed by atoms with Crippen LogP contribution in [0.5, 0.6) is 0 Å². The number of ketones is 1. The monoisotopic (exact) mass is 268 g/mol. The number of hydrogen-bond donors (Lipinski definition) is 1. The van der Waals surface area contributed by atoms with Crippen molar-refractivity contribution in [3.63, 3.8) is 0 Å². The van der Waals surface area contributed by atoms with E-state index in [-0.39, 0.29) is 5.56 Å². The molecule has 0 fully saturated rings. The van der Waals surface area contributed by atoms with Gasteiger partial charge in [0.2, 0.25) is 0 Å². The third kappa shape index (κ3) is 4.16. The second-order valence-corrected chi connectivity index (χ2v) is 4.68. The molecular weight excluding hydrogens is 261 g/mol. The number of benzene rings is 1. The lowest BCUT2D eigenvalue weighted by Gasteiger charge is -2.06. The Balaban J connectivity index is 2.93. The van der Waals surface area contributed by atoms with Crippen LogP contribution in [0, 0.1) is 0 Å². The summed E-state index contributed by atoms with van der Waals surface area (Å²) >= 11 is 0. The van der Waals surface area contributed by atoms with Crippen molar-refractivity contribution < 1.29 is 30.9 Å². The first kappa shape index (κ1) is 13.7. The Morgan fingerprint density at radius 2 is 1.65 bits per heavy atom. The Hall–Kier alpha value is -1.41. The maximum absolute atomic E-state index is 12.2. The quantitative estimate of drug-likeness (QED) is 0.670. The predicted molar refractivity (Wildman–Crippen MR) is 52.2 cm³/mol. The number of Topliss-reactive ketones (excluding diaryl/α,β-unsaturated/α-hetero) is 1. The minimum Gasteiger partial charge on any atom is -0.293 e. The number of halogens is 3. The second kappa shape index (κ2) is 4.46. The highest BCUT2D eigenvalue weighted by Crippen LogP contribution is 2.29. The number of hydrogen-bond acceptors (Lipinski definition) is 3. The Labute approximate surface area is 94.8 Å². The first-order valence-electron chi connectivity index (χ1n) is 4.25. The summed E-state index contributed by atoms with van der Waals surface area (Å²) in [6, 6.07) is 3.04. The minimum atomic E-state index is -4.52. The van der Waals surface area contributed by atoms with Gasteiger partial charge in [0.05, 0.1) is 5.56 Å². The van der Waals surface area contributed by atoms with Gasteiger partial charge in [-0.1, -0.05) is 12.1 Å². The third-order valence-corrected chi connectivity index (χ3v) is 2.47. The Bertz CT molecular complexity index is 516. The smallest absolute Gasteiger partial charge is 0.293 e.